The van der Waals surface area contributed by atoms with E-state index in [1.165, 1.54) is 13.0 Å². The van der Waals surface area contributed by atoms with Crippen LogP contribution in [0.1, 0.15) is 6.92 Å². The molecule has 0 radical (unpaired) electrons. The average molecular weight is 612 g/mol. The van der Waals surface area contributed by atoms with E-state index >= 15 is 0 Å². The summed E-state index contributed by atoms with van der Waals surface area (Å²) in [4.78, 5) is 0. The number of phenolic OH excluding ortho intramolecular Hbond substituents is 5. The van der Waals surface area contributed by atoms with E-state index in [4.69, 9.17) is 23.4 Å². The lowest BCUT2D eigenvalue weighted by molar-refractivity contribution is -0.318. The van der Waals surface area contributed by atoms with Crippen LogP contribution >= 0.6 is 0 Å². The largest absolute Gasteiger partial charge is 0.507 e. The van der Waals surface area contributed by atoms with Crippen LogP contribution in [-0.4, -0.2) is 124 Å². The van der Waals surface area contributed by atoms with Gasteiger partial charge in [0.1, 0.15) is 59.6 Å². The fraction of sp³-hybridized carbons (Fsp3) is 0.444. The van der Waals surface area contributed by atoms with Gasteiger partial charge in [-0.05, 0) is 6.92 Å². The van der Waals surface area contributed by atoms with Gasteiger partial charge < -0.3 is 75.1 Å². The molecule has 0 bridgehead atoms. The molecule has 3 heterocycles. The van der Waals surface area contributed by atoms with Gasteiger partial charge in [0.2, 0.25) is 12.0 Å². The molecule has 3 aromatic rings. The van der Waals surface area contributed by atoms with Gasteiger partial charge in [-0.1, -0.05) is 0 Å². The molecule has 2 aliphatic heterocycles. The number of aliphatic hydroxyl groups excluding tert-OH is 6. The maximum absolute atomic E-state index is 10.7. The van der Waals surface area contributed by atoms with Crippen molar-refractivity contribution < 1.29 is 79.5 Å². The summed E-state index contributed by atoms with van der Waals surface area (Å²) >= 11 is 0. The van der Waals surface area contributed by atoms with E-state index < -0.39 is 91.0 Å². The minimum absolute atomic E-state index is 0.00726. The van der Waals surface area contributed by atoms with Gasteiger partial charge in [0, 0.05) is 24.3 Å². The molecule has 0 spiro atoms. The van der Waals surface area contributed by atoms with E-state index in [9.17, 15) is 56.2 Å². The SMILES string of the molecule is C[C@@H]1O[C@@H](OC[C@H]2OC(Oc3cc4c(O)cc(O)cc4[o+]c3-c3cc(O)c(O)c(O)c3)[C@H](O)[C@@H](O)[C@@H]2O)[C@H](O)[C@H](O)[C@H]1O. The molecule has 0 saturated carbocycles. The van der Waals surface area contributed by atoms with Crippen LogP contribution in [-0.2, 0) is 14.2 Å². The summed E-state index contributed by atoms with van der Waals surface area (Å²) in [6.45, 7) is 0.877. The van der Waals surface area contributed by atoms with Crippen LogP contribution in [0.3, 0.4) is 0 Å². The van der Waals surface area contributed by atoms with Crippen LogP contribution in [0.25, 0.3) is 22.3 Å². The molecule has 16 nitrogen and oxygen atoms in total. The summed E-state index contributed by atoms with van der Waals surface area (Å²) in [5.41, 5.74) is -0.150. The second-order valence-corrected chi connectivity index (χ2v) is 10.3. The molecule has 1 unspecified atom stereocenters. The van der Waals surface area contributed by atoms with Crippen LogP contribution in [0.15, 0.2) is 34.7 Å². The Balaban J connectivity index is 1.46. The fourth-order valence-corrected chi connectivity index (χ4v) is 4.83. The van der Waals surface area contributed by atoms with Crippen molar-refractivity contribution in [2.75, 3.05) is 6.61 Å². The molecule has 2 saturated heterocycles. The molecule has 2 fully saturated rings. The molecule has 5 rings (SSSR count). The number of hydrogen-bond acceptors (Lipinski definition) is 15. The van der Waals surface area contributed by atoms with Gasteiger partial charge in [-0.25, -0.2) is 4.42 Å². The van der Waals surface area contributed by atoms with Gasteiger partial charge >= 0.3 is 11.3 Å². The first-order chi connectivity index (χ1) is 20.3. The summed E-state index contributed by atoms with van der Waals surface area (Å²) in [5, 5.41) is 112. The van der Waals surface area contributed by atoms with Crippen LogP contribution in [0.4, 0.5) is 0 Å². The van der Waals surface area contributed by atoms with Gasteiger partial charge in [-0.3, -0.25) is 0 Å². The zero-order valence-electron chi connectivity index (χ0n) is 22.3. The molecule has 0 aliphatic carbocycles. The average Bonchev–Trinajstić information content (AvgIpc) is 2.96. The van der Waals surface area contributed by atoms with Crippen LogP contribution < -0.4 is 4.74 Å². The summed E-state index contributed by atoms with van der Waals surface area (Å²) in [7, 11) is 0. The molecule has 2 aromatic carbocycles. The third-order valence-electron chi connectivity index (χ3n) is 7.29. The predicted octanol–water partition coefficient (Wildman–Crippen LogP) is -1.06. The van der Waals surface area contributed by atoms with E-state index in [1.807, 2.05) is 0 Å². The predicted molar refractivity (Wildman–Crippen MR) is 140 cm³/mol. The van der Waals surface area contributed by atoms with Crippen molar-refractivity contribution in [2.45, 2.75) is 68.3 Å². The molecular weight excluding hydrogens is 580 g/mol. The first-order valence-corrected chi connectivity index (χ1v) is 13.0. The first kappa shape index (κ1) is 30.7. The fourth-order valence-electron chi connectivity index (χ4n) is 4.83. The van der Waals surface area contributed by atoms with E-state index in [0.29, 0.717) is 0 Å². The lowest BCUT2D eigenvalue weighted by atomic mass is 9.98. The number of aliphatic hydroxyl groups is 6. The number of hydrogen-bond donors (Lipinski definition) is 11. The van der Waals surface area contributed by atoms with Gasteiger partial charge in [0.15, 0.2) is 23.5 Å². The highest BCUT2D eigenvalue weighted by atomic mass is 16.7. The molecule has 16 heteroatoms. The number of benzene rings is 2. The zero-order valence-corrected chi connectivity index (χ0v) is 22.3. The van der Waals surface area contributed by atoms with Crippen molar-refractivity contribution in [3.05, 3.63) is 30.3 Å². The smallest absolute Gasteiger partial charge is 0.402 e. The summed E-state index contributed by atoms with van der Waals surface area (Å²) in [6, 6.07) is 5.39. The van der Waals surface area contributed by atoms with Crippen molar-refractivity contribution in [1.82, 2.24) is 0 Å². The van der Waals surface area contributed by atoms with Gasteiger partial charge in [0.05, 0.1) is 24.3 Å². The Morgan fingerprint density at radius 2 is 1.33 bits per heavy atom. The van der Waals surface area contributed by atoms with E-state index in [1.54, 1.807) is 0 Å². The maximum atomic E-state index is 10.7. The number of phenols is 5. The molecular formula is C27H31O16+. The van der Waals surface area contributed by atoms with E-state index in [0.717, 1.165) is 24.3 Å². The third-order valence-corrected chi connectivity index (χ3v) is 7.29. The molecule has 11 N–H and O–H groups in total. The summed E-state index contributed by atoms with van der Waals surface area (Å²) in [6.07, 6.45) is -15.6. The second-order valence-electron chi connectivity index (χ2n) is 10.3. The number of fused-ring (bicyclic) bond motifs is 1. The summed E-state index contributed by atoms with van der Waals surface area (Å²) < 4.78 is 28.1. The third kappa shape index (κ3) is 5.79. The molecule has 234 valence electrons. The highest BCUT2D eigenvalue weighted by Crippen LogP contribution is 2.45. The van der Waals surface area contributed by atoms with E-state index in [2.05, 4.69) is 0 Å². The van der Waals surface area contributed by atoms with Crippen LogP contribution in [0.5, 0.6) is 34.5 Å². The number of ether oxygens (including phenoxy) is 4. The Kier molecular flexibility index (Phi) is 8.41. The van der Waals surface area contributed by atoms with Gasteiger partial charge in [-0.2, -0.15) is 0 Å². The number of aromatic hydroxyl groups is 5. The Labute approximate surface area is 242 Å². The standard InChI is InChI=1S/C27H30O16/c1-8-18(32)21(35)23(37)26(40-8)39-7-17-20(34)22(36)24(38)27(43-17)42-16-6-11-12(29)4-10(28)5-15(11)41-25(16)9-2-13(30)19(33)14(31)3-9/h2-6,8,17-18,20-24,26-27,32,34-38H,7H2,1H3,(H4-,28,29,30,31,33)/p+1/t8-,17+,18-,20+,21+,22-,23+,24+,26+,27?/m0/s1. The van der Waals surface area contributed by atoms with Crippen molar-refractivity contribution >= 4 is 11.0 Å². The Morgan fingerprint density at radius 3 is 2.00 bits per heavy atom. The molecule has 10 atom stereocenters. The molecule has 43 heavy (non-hydrogen) atoms. The summed E-state index contributed by atoms with van der Waals surface area (Å²) in [5.74, 6) is -3.64. The maximum Gasteiger partial charge on any atom is 0.402 e. The van der Waals surface area contributed by atoms with Crippen molar-refractivity contribution in [1.29, 1.82) is 0 Å². The van der Waals surface area contributed by atoms with Gasteiger partial charge in [0.25, 0.3) is 0 Å². The first-order valence-electron chi connectivity index (χ1n) is 13.0. The van der Waals surface area contributed by atoms with Crippen LogP contribution in [0, 0.1) is 0 Å². The second kappa shape index (κ2) is 11.8. The Bertz CT molecular complexity index is 1460. The quantitative estimate of drug-likeness (QED) is 0.117. The number of rotatable bonds is 6. The molecule has 1 aromatic heterocycles. The zero-order chi connectivity index (χ0) is 31.3. The Hall–Kier alpha value is -3.71. The lowest BCUT2D eigenvalue weighted by Gasteiger charge is -2.42. The normalized spacial score (nSPS) is 33.0. The topological polar surface area (TPSA) is 271 Å². The van der Waals surface area contributed by atoms with Crippen molar-refractivity contribution in [3.63, 3.8) is 0 Å². The minimum atomic E-state index is -1.88. The van der Waals surface area contributed by atoms with Crippen molar-refractivity contribution in [3.8, 4) is 45.8 Å². The lowest BCUT2D eigenvalue weighted by Crippen LogP contribution is -2.61. The Morgan fingerprint density at radius 1 is 0.698 bits per heavy atom. The monoisotopic (exact) mass is 611 g/mol. The highest BCUT2D eigenvalue weighted by Gasteiger charge is 2.48. The van der Waals surface area contributed by atoms with Gasteiger partial charge in [-0.15, -0.1) is 0 Å². The van der Waals surface area contributed by atoms with Crippen LogP contribution in [0.2, 0.25) is 0 Å². The van der Waals surface area contributed by atoms with Crippen molar-refractivity contribution in [2.24, 2.45) is 0 Å². The molecule has 2 aliphatic rings. The molecule has 0 amide bonds. The highest BCUT2D eigenvalue weighted by molar-refractivity contribution is 5.88. The van der Waals surface area contributed by atoms with E-state index in [-0.39, 0.29) is 33.8 Å². The minimum Gasteiger partial charge on any atom is -0.507 e.